The van der Waals surface area contributed by atoms with Gasteiger partial charge in [-0.05, 0) is 37.6 Å². The summed E-state index contributed by atoms with van der Waals surface area (Å²) in [5.74, 6) is 0.953. The van der Waals surface area contributed by atoms with Crippen molar-refractivity contribution >= 4 is 23.0 Å². The monoisotopic (exact) mass is 394 g/mol. The molecule has 27 heavy (non-hydrogen) atoms. The smallest absolute Gasteiger partial charge is 0.387 e. The van der Waals surface area contributed by atoms with E-state index in [4.69, 9.17) is 0 Å². The van der Waals surface area contributed by atoms with Crippen LogP contribution in [0.3, 0.4) is 0 Å². The molecule has 1 atom stereocenters. The number of ether oxygens (including phenoxy) is 1. The predicted octanol–water partition coefficient (Wildman–Crippen LogP) is 3.60. The van der Waals surface area contributed by atoms with Crippen LogP contribution in [0.15, 0.2) is 41.4 Å². The predicted molar refractivity (Wildman–Crippen MR) is 106 cm³/mol. The molecular weight excluding hydrogens is 370 g/mol. The van der Waals surface area contributed by atoms with E-state index in [0.29, 0.717) is 12.2 Å². The number of thiophene rings is 1. The molecule has 5 nitrogen and oxygen atoms in total. The van der Waals surface area contributed by atoms with Gasteiger partial charge in [0.25, 0.3) is 0 Å². The molecule has 2 heterocycles. The zero-order valence-electron chi connectivity index (χ0n) is 15.4. The Morgan fingerprint density at radius 3 is 2.85 bits per heavy atom. The Balaban J connectivity index is 1.56. The average molecular weight is 394 g/mol. The number of alkyl halides is 2. The lowest BCUT2D eigenvalue weighted by atomic mass is 10.2. The van der Waals surface area contributed by atoms with Crippen molar-refractivity contribution in [2.24, 2.45) is 4.99 Å². The Morgan fingerprint density at radius 2 is 2.15 bits per heavy atom. The first-order valence-electron chi connectivity index (χ1n) is 8.86. The van der Waals surface area contributed by atoms with E-state index in [-0.39, 0.29) is 11.8 Å². The lowest BCUT2D eigenvalue weighted by molar-refractivity contribution is -0.0495. The second-order valence-corrected chi connectivity index (χ2v) is 7.73. The number of nitrogens with one attached hydrogen (secondary N) is 2. The van der Waals surface area contributed by atoms with Crippen LogP contribution in [0, 0.1) is 6.92 Å². The summed E-state index contributed by atoms with van der Waals surface area (Å²) in [6.45, 7) is 1.45. The summed E-state index contributed by atoms with van der Waals surface area (Å²) in [6, 6.07) is 11.3. The molecule has 3 rings (SSSR count). The van der Waals surface area contributed by atoms with Crippen molar-refractivity contribution in [3.63, 3.8) is 0 Å². The standard InChI is InChI=1S/C19H24F2N4OS/c1-13-7-8-15(27-13)11-23-19(22-2)24-14-9-10-25(12-14)16-5-3-4-6-17(16)26-18(20)21/h3-8,14,18H,9-12H2,1-2H3,(H2,22,23,24). The normalized spacial score (nSPS) is 17.4. The van der Waals surface area contributed by atoms with Crippen molar-refractivity contribution in [1.29, 1.82) is 0 Å². The molecule has 1 fully saturated rings. The molecule has 1 unspecified atom stereocenters. The van der Waals surface area contributed by atoms with E-state index in [0.717, 1.165) is 25.5 Å². The number of anilines is 1. The van der Waals surface area contributed by atoms with Crippen LogP contribution in [0.25, 0.3) is 0 Å². The van der Waals surface area contributed by atoms with Crippen LogP contribution < -0.4 is 20.3 Å². The lowest BCUT2D eigenvalue weighted by Crippen LogP contribution is -2.44. The summed E-state index contributed by atoms with van der Waals surface area (Å²) in [5.41, 5.74) is 0.694. The van der Waals surface area contributed by atoms with Crippen molar-refractivity contribution in [2.45, 2.75) is 32.5 Å². The SMILES string of the molecule is CN=C(NCc1ccc(C)s1)NC1CCN(c2ccccc2OC(F)F)C1. The topological polar surface area (TPSA) is 48.9 Å². The van der Waals surface area contributed by atoms with Crippen molar-refractivity contribution in [3.05, 3.63) is 46.2 Å². The molecule has 1 aliphatic rings. The summed E-state index contributed by atoms with van der Waals surface area (Å²) in [7, 11) is 1.74. The van der Waals surface area contributed by atoms with Crippen LogP contribution in [0.2, 0.25) is 0 Å². The Bertz CT molecular complexity index is 781. The molecule has 0 amide bonds. The van der Waals surface area contributed by atoms with Crippen LogP contribution in [-0.4, -0.2) is 38.8 Å². The minimum atomic E-state index is -2.83. The van der Waals surface area contributed by atoms with Gasteiger partial charge in [0.15, 0.2) is 5.96 Å². The van der Waals surface area contributed by atoms with Gasteiger partial charge in [0.1, 0.15) is 5.75 Å². The molecule has 1 aromatic heterocycles. The number of para-hydroxylation sites is 2. The zero-order valence-corrected chi connectivity index (χ0v) is 16.2. The first kappa shape index (κ1) is 19.4. The van der Waals surface area contributed by atoms with Gasteiger partial charge in [0.05, 0.1) is 12.2 Å². The van der Waals surface area contributed by atoms with E-state index in [1.165, 1.54) is 9.75 Å². The number of guanidine groups is 1. The molecule has 0 aliphatic carbocycles. The second-order valence-electron chi connectivity index (χ2n) is 6.36. The summed E-state index contributed by atoms with van der Waals surface area (Å²) in [6.07, 6.45) is 0.891. The number of hydrogen-bond donors (Lipinski definition) is 2. The summed E-state index contributed by atoms with van der Waals surface area (Å²) < 4.78 is 29.9. The van der Waals surface area contributed by atoms with Crippen molar-refractivity contribution in [1.82, 2.24) is 10.6 Å². The van der Waals surface area contributed by atoms with Gasteiger partial charge in [-0.2, -0.15) is 8.78 Å². The average Bonchev–Trinajstić information content (AvgIpc) is 3.27. The van der Waals surface area contributed by atoms with Crippen molar-refractivity contribution < 1.29 is 13.5 Å². The number of benzene rings is 1. The van der Waals surface area contributed by atoms with E-state index in [9.17, 15) is 8.78 Å². The fraction of sp³-hybridized carbons (Fsp3) is 0.421. The van der Waals surface area contributed by atoms with Crippen molar-refractivity contribution in [3.8, 4) is 5.75 Å². The number of aryl methyl sites for hydroxylation is 1. The van der Waals surface area contributed by atoms with Crippen LogP contribution in [0.1, 0.15) is 16.2 Å². The Hall–Kier alpha value is -2.35. The third-order valence-corrected chi connectivity index (χ3v) is 5.40. The van der Waals surface area contributed by atoms with Gasteiger partial charge in [0, 0.05) is 35.9 Å². The first-order valence-corrected chi connectivity index (χ1v) is 9.68. The van der Waals surface area contributed by atoms with E-state index >= 15 is 0 Å². The van der Waals surface area contributed by atoms with Gasteiger partial charge in [-0.25, -0.2) is 0 Å². The maximum Gasteiger partial charge on any atom is 0.387 e. The maximum atomic E-state index is 12.6. The minimum absolute atomic E-state index is 0.181. The van der Waals surface area contributed by atoms with E-state index < -0.39 is 6.61 Å². The quantitative estimate of drug-likeness (QED) is 0.581. The summed E-state index contributed by atoms with van der Waals surface area (Å²) >= 11 is 1.76. The third-order valence-electron chi connectivity index (χ3n) is 4.40. The molecule has 0 bridgehead atoms. The summed E-state index contributed by atoms with van der Waals surface area (Å²) in [4.78, 5) is 8.88. The van der Waals surface area contributed by atoms with Gasteiger partial charge in [-0.1, -0.05) is 12.1 Å². The fourth-order valence-corrected chi connectivity index (χ4v) is 3.98. The van der Waals surface area contributed by atoms with E-state index in [2.05, 4.69) is 44.3 Å². The number of halogens is 2. The van der Waals surface area contributed by atoms with E-state index in [1.54, 1.807) is 30.5 Å². The highest BCUT2D eigenvalue weighted by Crippen LogP contribution is 2.31. The number of hydrogen-bond acceptors (Lipinski definition) is 4. The maximum absolute atomic E-state index is 12.6. The lowest BCUT2D eigenvalue weighted by Gasteiger charge is -2.22. The first-order chi connectivity index (χ1) is 13.0. The highest BCUT2D eigenvalue weighted by atomic mass is 32.1. The molecule has 1 aliphatic heterocycles. The van der Waals surface area contributed by atoms with Crippen LogP contribution >= 0.6 is 11.3 Å². The van der Waals surface area contributed by atoms with Gasteiger partial charge in [0.2, 0.25) is 0 Å². The van der Waals surface area contributed by atoms with E-state index in [1.807, 2.05) is 12.1 Å². The number of aliphatic imine (C=N–C) groups is 1. The largest absolute Gasteiger partial charge is 0.433 e. The molecule has 8 heteroatoms. The van der Waals surface area contributed by atoms with Crippen LogP contribution in [-0.2, 0) is 6.54 Å². The highest BCUT2D eigenvalue weighted by Gasteiger charge is 2.26. The van der Waals surface area contributed by atoms with Crippen molar-refractivity contribution in [2.75, 3.05) is 25.0 Å². The molecule has 1 saturated heterocycles. The molecule has 1 aromatic carbocycles. The molecule has 0 saturated carbocycles. The van der Waals surface area contributed by atoms with Gasteiger partial charge in [-0.3, -0.25) is 4.99 Å². The second kappa shape index (κ2) is 9.03. The van der Waals surface area contributed by atoms with Gasteiger partial charge in [-0.15, -0.1) is 11.3 Å². The Morgan fingerprint density at radius 1 is 1.33 bits per heavy atom. The zero-order chi connectivity index (χ0) is 19.2. The minimum Gasteiger partial charge on any atom is -0.433 e. The molecule has 0 radical (unpaired) electrons. The summed E-state index contributed by atoms with van der Waals surface area (Å²) in [5, 5.41) is 6.74. The fourth-order valence-electron chi connectivity index (χ4n) is 3.15. The van der Waals surface area contributed by atoms with Crippen LogP contribution in [0.5, 0.6) is 5.75 Å². The molecule has 2 N–H and O–H groups in total. The number of rotatable bonds is 6. The Kier molecular flexibility index (Phi) is 6.49. The highest BCUT2D eigenvalue weighted by molar-refractivity contribution is 7.11. The molecule has 0 spiro atoms. The molecule has 2 aromatic rings. The van der Waals surface area contributed by atoms with Crippen LogP contribution in [0.4, 0.5) is 14.5 Å². The molecular formula is C19H24F2N4OS. The van der Waals surface area contributed by atoms with Gasteiger partial charge >= 0.3 is 6.61 Å². The Labute approximate surface area is 162 Å². The number of nitrogens with zero attached hydrogens (tertiary/aromatic N) is 2. The molecule has 146 valence electrons. The third kappa shape index (κ3) is 5.32. The van der Waals surface area contributed by atoms with Gasteiger partial charge < -0.3 is 20.3 Å².